The summed E-state index contributed by atoms with van der Waals surface area (Å²) in [5, 5.41) is 11.3. The Labute approximate surface area is 123 Å². The van der Waals surface area contributed by atoms with E-state index in [4.69, 9.17) is 5.11 Å². The van der Waals surface area contributed by atoms with E-state index >= 15 is 0 Å². The molecule has 0 rings (SSSR count). The summed E-state index contributed by atoms with van der Waals surface area (Å²) in [5.74, 6) is -0.781. The van der Waals surface area contributed by atoms with Crippen molar-refractivity contribution in [2.24, 2.45) is 0 Å². The second-order valence-electron chi connectivity index (χ2n) is 5.41. The Hall–Kier alpha value is -0.900. The molecule has 0 aromatic heterocycles. The van der Waals surface area contributed by atoms with Gasteiger partial charge in [0.1, 0.15) is 6.29 Å². The molecule has 0 aromatic carbocycles. The monoisotopic (exact) mass is 285 g/mol. The minimum absolute atomic E-state index is 0.0762. The van der Waals surface area contributed by atoms with Crippen molar-refractivity contribution in [3.63, 3.8) is 0 Å². The number of nitrogens with one attached hydrogen (secondary N) is 1. The van der Waals surface area contributed by atoms with Gasteiger partial charge in [-0.15, -0.1) is 0 Å². The number of carbonyl (C=O) groups excluding carboxylic acids is 1. The maximum absolute atomic E-state index is 10.3. The molecule has 0 fully saturated rings. The van der Waals surface area contributed by atoms with Crippen LogP contribution in [-0.4, -0.2) is 30.5 Å². The molecule has 0 saturated carbocycles. The second-order valence-corrected chi connectivity index (χ2v) is 5.41. The smallest absolute Gasteiger partial charge is 0.317 e. The summed E-state index contributed by atoms with van der Waals surface area (Å²) in [7, 11) is 0. The molecule has 0 saturated heterocycles. The fourth-order valence-corrected chi connectivity index (χ4v) is 2.26. The number of carboxylic acids is 1. The van der Waals surface area contributed by atoms with Crippen LogP contribution in [0, 0.1) is 0 Å². The highest BCUT2D eigenvalue weighted by molar-refractivity contribution is 5.68. The number of aldehydes is 1. The summed E-state index contributed by atoms with van der Waals surface area (Å²) >= 11 is 0. The molecule has 0 aliphatic carbocycles. The van der Waals surface area contributed by atoms with Gasteiger partial charge in [0.05, 0.1) is 6.54 Å². The summed E-state index contributed by atoms with van der Waals surface area (Å²) < 4.78 is 0. The highest BCUT2D eigenvalue weighted by Gasteiger charge is 1.95. The number of carboxylic acid groups (broad SMARTS) is 1. The number of carbonyl (C=O) groups is 2. The van der Waals surface area contributed by atoms with E-state index in [9.17, 15) is 9.59 Å². The zero-order valence-electron chi connectivity index (χ0n) is 12.7. The van der Waals surface area contributed by atoms with E-state index in [2.05, 4.69) is 5.32 Å². The summed E-state index contributed by atoms with van der Waals surface area (Å²) in [6.07, 6.45) is 15.3. The van der Waals surface area contributed by atoms with E-state index < -0.39 is 5.97 Å². The fraction of sp³-hybridized carbons (Fsp3) is 0.875. The molecule has 0 aliphatic heterocycles. The molecule has 0 amide bonds. The van der Waals surface area contributed by atoms with Gasteiger partial charge in [0, 0.05) is 6.42 Å². The molecule has 20 heavy (non-hydrogen) atoms. The van der Waals surface area contributed by atoms with E-state index in [0.29, 0.717) is 0 Å². The zero-order chi connectivity index (χ0) is 14.9. The molecule has 0 aromatic rings. The van der Waals surface area contributed by atoms with Crippen molar-refractivity contribution in [3.05, 3.63) is 0 Å². The molecule has 4 heteroatoms. The minimum Gasteiger partial charge on any atom is -0.480 e. The Bertz CT molecular complexity index is 232. The standard InChI is InChI=1S/C16H31NO3/c18-14-12-10-8-6-4-2-1-3-5-7-9-11-13-17-15-16(19)20/h14,17H,1-13,15H2,(H,19,20). The largest absolute Gasteiger partial charge is 0.480 e. The molecular weight excluding hydrogens is 254 g/mol. The summed E-state index contributed by atoms with van der Waals surface area (Å²) in [4.78, 5) is 20.4. The SMILES string of the molecule is O=CCCCCCCCCCCCCCNCC(=O)O. The van der Waals surface area contributed by atoms with Gasteiger partial charge in [-0.05, 0) is 19.4 Å². The van der Waals surface area contributed by atoms with E-state index in [0.717, 1.165) is 32.1 Å². The Morgan fingerprint density at radius 1 is 0.800 bits per heavy atom. The highest BCUT2D eigenvalue weighted by Crippen LogP contribution is 2.11. The number of hydrogen-bond donors (Lipinski definition) is 2. The normalized spacial score (nSPS) is 10.6. The summed E-state index contributed by atoms with van der Waals surface area (Å²) in [6.45, 7) is 0.889. The van der Waals surface area contributed by atoms with Gasteiger partial charge in [0.15, 0.2) is 0 Å². The van der Waals surface area contributed by atoms with Crippen LogP contribution in [0.2, 0.25) is 0 Å². The van der Waals surface area contributed by atoms with Crippen LogP contribution in [-0.2, 0) is 9.59 Å². The van der Waals surface area contributed by atoms with Crippen LogP contribution in [0.5, 0.6) is 0 Å². The van der Waals surface area contributed by atoms with Gasteiger partial charge >= 0.3 is 5.97 Å². The quantitative estimate of drug-likeness (QED) is 0.336. The third kappa shape index (κ3) is 17.1. The average molecular weight is 285 g/mol. The third-order valence-corrected chi connectivity index (χ3v) is 3.45. The first-order valence-electron chi connectivity index (χ1n) is 8.13. The lowest BCUT2D eigenvalue weighted by molar-refractivity contribution is -0.135. The summed E-state index contributed by atoms with van der Waals surface area (Å²) in [6, 6.07) is 0. The van der Waals surface area contributed by atoms with Gasteiger partial charge < -0.3 is 15.2 Å². The van der Waals surface area contributed by atoms with Crippen molar-refractivity contribution >= 4 is 12.3 Å². The van der Waals surface area contributed by atoms with Crippen LogP contribution >= 0.6 is 0 Å². The average Bonchev–Trinajstić information content (AvgIpc) is 2.43. The minimum atomic E-state index is -0.781. The second kappa shape index (κ2) is 16.2. The lowest BCUT2D eigenvalue weighted by atomic mass is 10.1. The van der Waals surface area contributed by atoms with Crippen LogP contribution in [0.1, 0.15) is 77.0 Å². The molecule has 0 bridgehead atoms. The first-order valence-corrected chi connectivity index (χ1v) is 8.13. The van der Waals surface area contributed by atoms with Crippen molar-refractivity contribution < 1.29 is 14.7 Å². The van der Waals surface area contributed by atoms with Crippen molar-refractivity contribution in [1.29, 1.82) is 0 Å². The molecule has 4 nitrogen and oxygen atoms in total. The van der Waals surface area contributed by atoms with Crippen LogP contribution < -0.4 is 5.32 Å². The summed E-state index contributed by atoms with van der Waals surface area (Å²) in [5.41, 5.74) is 0. The Kier molecular flexibility index (Phi) is 15.4. The molecule has 0 spiro atoms. The lowest BCUT2D eigenvalue weighted by Gasteiger charge is -2.03. The molecule has 0 aliphatic rings. The first kappa shape index (κ1) is 19.1. The van der Waals surface area contributed by atoms with Gasteiger partial charge in [-0.1, -0.05) is 57.8 Å². The van der Waals surface area contributed by atoms with Crippen molar-refractivity contribution in [2.45, 2.75) is 77.0 Å². The number of aliphatic carboxylic acids is 1. The number of unbranched alkanes of at least 4 members (excludes halogenated alkanes) is 11. The van der Waals surface area contributed by atoms with E-state index in [1.54, 1.807) is 0 Å². The predicted molar refractivity (Wildman–Crippen MR) is 82.0 cm³/mol. The molecule has 0 heterocycles. The van der Waals surface area contributed by atoms with Gasteiger partial charge in [-0.3, -0.25) is 4.79 Å². The molecule has 0 atom stereocenters. The number of rotatable bonds is 16. The van der Waals surface area contributed by atoms with Gasteiger partial charge in [-0.25, -0.2) is 0 Å². The number of hydrogen-bond acceptors (Lipinski definition) is 3. The molecule has 0 radical (unpaired) electrons. The molecule has 2 N–H and O–H groups in total. The lowest BCUT2D eigenvalue weighted by Crippen LogP contribution is -2.23. The van der Waals surface area contributed by atoms with Gasteiger partial charge in [0.25, 0.3) is 0 Å². The maximum Gasteiger partial charge on any atom is 0.317 e. The fourth-order valence-electron chi connectivity index (χ4n) is 2.26. The molecule has 0 unspecified atom stereocenters. The van der Waals surface area contributed by atoms with Crippen molar-refractivity contribution in [3.8, 4) is 0 Å². The van der Waals surface area contributed by atoms with E-state index in [1.165, 1.54) is 57.8 Å². The van der Waals surface area contributed by atoms with Gasteiger partial charge in [-0.2, -0.15) is 0 Å². The van der Waals surface area contributed by atoms with Crippen LogP contribution in [0.25, 0.3) is 0 Å². The van der Waals surface area contributed by atoms with Crippen LogP contribution in [0.3, 0.4) is 0 Å². The van der Waals surface area contributed by atoms with Crippen LogP contribution in [0.4, 0.5) is 0 Å². The first-order chi connectivity index (χ1) is 9.77. The molecule has 118 valence electrons. The highest BCUT2D eigenvalue weighted by atomic mass is 16.4. The van der Waals surface area contributed by atoms with Gasteiger partial charge in [0.2, 0.25) is 0 Å². The van der Waals surface area contributed by atoms with Crippen LogP contribution in [0.15, 0.2) is 0 Å². The Morgan fingerprint density at radius 2 is 1.25 bits per heavy atom. The zero-order valence-corrected chi connectivity index (χ0v) is 12.7. The van der Waals surface area contributed by atoms with Crippen molar-refractivity contribution in [1.82, 2.24) is 5.32 Å². The van der Waals surface area contributed by atoms with E-state index in [1.807, 2.05) is 0 Å². The Morgan fingerprint density at radius 3 is 1.70 bits per heavy atom. The van der Waals surface area contributed by atoms with Crippen molar-refractivity contribution in [2.75, 3.05) is 13.1 Å². The van der Waals surface area contributed by atoms with E-state index in [-0.39, 0.29) is 6.54 Å². The predicted octanol–water partition coefficient (Wildman–Crippen LogP) is 3.54. The molecular formula is C16H31NO3. The maximum atomic E-state index is 10.3. The Balaban J connectivity index is 2.95. The topological polar surface area (TPSA) is 66.4 Å². The third-order valence-electron chi connectivity index (χ3n) is 3.45.